The molecule has 134 valence electrons. The fourth-order valence-corrected chi connectivity index (χ4v) is 5.73. The van der Waals surface area contributed by atoms with Crippen LogP contribution in [-0.4, -0.2) is 59.7 Å². The third kappa shape index (κ3) is 3.45. The highest BCUT2D eigenvalue weighted by molar-refractivity contribution is 7.91. The maximum absolute atomic E-state index is 12.7. The second-order valence-electron chi connectivity index (χ2n) is 5.54. The van der Waals surface area contributed by atoms with Gasteiger partial charge in [0, 0.05) is 38.1 Å². The molecule has 2 aromatic heterocycles. The summed E-state index contributed by atoms with van der Waals surface area (Å²) in [6.07, 6.45) is 1.65. The normalized spacial score (nSPS) is 16.1. The molecule has 8 nitrogen and oxygen atoms in total. The predicted octanol–water partition coefficient (Wildman–Crippen LogP) is 0.949. The number of aromatic nitrogens is 2. The van der Waals surface area contributed by atoms with Crippen molar-refractivity contribution in [2.75, 3.05) is 26.2 Å². The molecule has 0 spiro atoms. The Morgan fingerprint density at radius 2 is 1.96 bits per heavy atom. The molecule has 1 amide bonds. The molecule has 2 aromatic rings. The average molecular weight is 401 g/mol. The number of amides is 1. The van der Waals surface area contributed by atoms with Gasteiger partial charge in [0.15, 0.2) is 4.21 Å². The molecular weight excluding hydrogens is 384 g/mol. The molecule has 0 saturated carbocycles. The summed E-state index contributed by atoms with van der Waals surface area (Å²) in [5.74, 6) is -0.221. The molecule has 0 radical (unpaired) electrons. The van der Waals surface area contributed by atoms with E-state index in [1.165, 1.54) is 4.31 Å². The van der Waals surface area contributed by atoms with Crippen molar-refractivity contribution >= 4 is 39.5 Å². The summed E-state index contributed by atoms with van der Waals surface area (Å²) in [7, 11) is -3.74. The Bertz CT molecular complexity index is 1010. The number of piperazine rings is 1. The van der Waals surface area contributed by atoms with Crippen LogP contribution in [0, 0.1) is 11.6 Å². The van der Waals surface area contributed by atoms with Crippen LogP contribution in [0.1, 0.15) is 16.1 Å². The van der Waals surface area contributed by atoms with Gasteiger partial charge >= 0.3 is 4.87 Å². The zero-order valence-corrected chi connectivity index (χ0v) is 15.8. The number of rotatable bonds is 3. The van der Waals surface area contributed by atoms with Crippen molar-refractivity contribution in [3.63, 3.8) is 0 Å². The maximum Gasteiger partial charge on any atom is 0.305 e. The first-order chi connectivity index (χ1) is 11.8. The molecule has 1 saturated heterocycles. The predicted molar refractivity (Wildman–Crippen MR) is 96.0 cm³/mol. The van der Waals surface area contributed by atoms with Gasteiger partial charge in [-0.2, -0.15) is 4.31 Å². The molecule has 3 rings (SSSR count). The molecule has 25 heavy (non-hydrogen) atoms. The van der Waals surface area contributed by atoms with Crippen molar-refractivity contribution in [2.45, 2.75) is 11.1 Å². The van der Waals surface area contributed by atoms with Crippen LogP contribution in [0.3, 0.4) is 0 Å². The fourth-order valence-electron chi connectivity index (χ4n) is 2.65. The summed E-state index contributed by atoms with van der Waals surface area (Å²) in [4.78, 5) is 30.4. The largest absolute Gasteiger partial charge is 0.352 e. The van der Waals surface area contributed by atoms with Gasteiger partial charge in [-0.3, -0.25) is 9.59 Å². The van der Waals surface area contributed by atoms with Crippen molar-refractivity contribution < 1.29 is 13.2 Å². The molecule has 0 aliphatic carbocycles. The highest BCUT2D eigenvalue weighted by Gasteiger charge is 2.33. The maximum atomic E-state index is 12.7. The summed E-state index contributed by atoms with van der Waals surface area (Å²) in [6.45, 7) is 2.42. The quantitative estimate of drug-likeness (QED) is 0.746. The average Bonchev–Trinajstić information content (AvgIpc) is 2.94. The second-order valence-corrected chi connectivity index (χ2v) is 9.06. The number of carbonyl (C=O) groups is 1. The Morgan fingerprint density at radius 3 is 2.52 bits per heavy atom. The first-order valence-corrected chi connectivity index (χ1v) is 10.1. The van der Waals surface area contributed by atoms with Gasteiger partial charge in [0.1, 0.15) is 4.64 Å². The topological polar surface area (TPSA) is 106 Å². The number of thiazole rings is 1. The lowest BCUT2D eigenvalue weighted by Crippen LogP contribution is -2.50. The first-order valence-electron chi connectivity index (χ1n) is 7.47. The molecule has 0 atom stereocenters. The number of aromatic amines is 2. The molecule has 1 aliphatic rings. The van der Waals surface area contributed by atoms with Crippen LogP contribution in [-0.2, 0) is 10.0 Å². The number of hydrogen-bond acceptors (Lipinski definition) is 6. The monoisotopic (exact) mass is 400 g/mol. The molecule has 0 bridgehead atoms. The van der Waals surface area contributed by atoms with Gasteiger partial charge in [-0.05, 0) is 19.1 Å². The number of nitrogens with one attached hydrogen (secondary N) is 2. The third-order valence-electron chi connectivity index (χ3n) is 3.93. The number of hydrogen-bond donors (Lipinski definition) is 2. The second kappa shape index (κ2) is 6.83. The van der Waals surface area contributed by atoms with Gasteiger partial charge in [0.05, 0.1) is 5.56 Å². The van der Waals surface area contributed by atoms with Gasteiger partial charge in [-0.15, -0.1) is 0 Å². The zero-order valence-electron chi connectivity index (χ0n) is 13.3. The summed E-state index contributed by atoms with van der Waals surface area (Å²) >= 11 is 5.80. The van der Waals surface area contributed by atoms with E-state index in [0.717, 1.165) is 0 Å². The van der Waals surface area contributed by atoms with Crippen LogP contribution < -0.4 is 4.87 Å². The van der Waals surface area contributed by atoms with E-state index in [1.54, 1.807) is 30.2 Å². The lowest BCUT2D eigenvalue weighted by molar-refractivity contribution is 0.0697. The lowest BCUT2D eigenvalue weighted by Gasteiger charge is -2.33. The van der Waals surface area contributed by atoms with E-state index in [1.807, 2.05) is 0 Å². The van der Waals surface area contributed by atoms with Crippen LogP contribution in [0.15, 0.2) is 27.3 Å². The van der Waals surface area contributed by atoms with Gasteiger partial charge in [-0.25, -0.2) is 8.42 Å². The van der Waals surface area contributed by atoms with Crippen LogP contribution in [0.25, 0.3) is 0 Å². The minimum Gasteiger partial charge on any atom is -0.352 e. The van der Waals surface area contributed by atoms with Gasteiger partial charge in [0.2, 0.25) is 0 Å². The Labute approximate surface area is 153 Å². The first kappa shape index (κ1) is 18.0. The molecule has 2 N–H and O–H groups in total. The number of H-pyrrole nitrogens is 2. The van der Waals surface area contributed by atoms with Crippen molar-refractivity contribution in [3.8, 4) is 0 Å². The van der Waals surface area contributed by atoms with Gasteiger partial charge in [-0.1, -0.05) is 23.6 Å². The van der Waals surface area contributed by atoms with Crippen LogP contribution >= 0.6 is 23.6 Å². The fraction of sp³-hybridized carbons (Fsp3) is 0.357. The lowest BCUT2D eigenvalue weighted by atomic mass is 10.2. The summed E-state index contributed by atoms with van der Waals surface area (Å²) in [5.41, 5.74) is 0.734. The third-order valence-corrected chi connectivity index (χ3v) is 7.75. The van der Waals surface area contributed by atoms with Crippen LogP contribution in [0.4, 0.5) is 0 Å². The van der Waals surface area contributed by atoms with E-state index in [0.29, 0.717) is 27.2 Å². The summed E-state index contributed by atoms with van der Waals surface area (Å²) < 4.78 is 27.0. The van der Waals surface area contributed by atoms with E-state index < -0.39 is 14.9 Å². The zero-order chi connectivity index (χ0) is 18.2. The molecule has 0 unspecified atom stereocenters. The highest BCUT2D eigenvalue weighted by Crippen LogP contribution is 2.22. The number of aryl methyl sites for hydroxylation is 1. The van der Waals surface area contributed by atoms with Gasteiger partial charge in [0.25, 0.3) is 15.9 Å². The molecule has 0 aromatic carbocycles. The van der Waals surface area contributed by atoms with E-state index in [-0.39, 0.29) is 36.3 Å². The van der Waals surface area contributed by atoms with Crippen LogP contribution in [0.5, 0.6) is 0 Å². The Hall–Kier alpha value is -1.82. The van der Waals surface area contributed by atoms with E-state index >= 15 is 0 Å². The van der Waals surface area contributed by atoms with Crippen molar-refractivity contribution in [1.82, 2.24) is 19.2 Å². The Kier molecular flexibility index (Phi) is 4.91. The minimum absolute atomic E-state index is 0.0304. The Balaban J connectivity index is 1.75. The van der Waals surface area contributed by atoms with E-state index in [2.05, 4.69) is 9.97 Å². The number of carbonyl (C=O) groups excluding carboxylic acids is 1. The number of nitrogens with zero attached hydrogens (tertiary/aromatic N) is 2. The van der Waals surface area contributed by atoms with Crippen molar-refractivity contribution in [2.24, 2.45) is 0 Å². The SMILES string of the molecule is Cc1[nH]c(=O)sc1S(=O)(=O)N1CCN(C(=O)c2ccc[nH]c2=S)CC1. The highest BCUT2D eigenvalue weighted by atomic mass is 32.2. The summed E-state index contributed by atoms with van der Waals surface area (Å²) in [5, 5.41) is 0. The van der Waals surface area contributed by atoms with E-state index in [4.69, 9.17) is 12.2 Å². The van der Waals surface area contributed by atoms with Crippen molar-refractivity contribution in [3.05, 3.63) is 43.9 Å². The van der Waals surface area contributed by atoms with Gasteiger partial charge < -0.3 is 14.9 Å². The number of sulfonamides is 1. The van der Waals surface area contributed by atoms with Crippen LogP contribution in [0.2, 0.25) is 0 Å². The molecule has 11 heteroatoms. The molecule has 1 fully saturated rings. The Morgan fingerprint density at radius 1 is 1.28 bits per heavy atom. The number of pyridine rings is 1. The van der Waals surface area contributed by atoms with Crippen molar-refractivity contribution in [1.29, 1.82) is 0 Å². The summed E-state index contributed by atoms with van der Waals surface area (Å²) in [6, 6.07) is 3.34. The standard InChI is InChI=1S/C14H16N4O4S3/c1-9-13(24-14(20)16-9)25(21,22)18-7-5-17(6-8-18)12(19)10-3-2-4-15-11(10)23/h2-4H,5-8H2,1H3,(H,15,23)(H,16,20). The molecule has 3 heterocycles. The minimum atomic E-state index is -3.74. The smallest absolute Gasteiger partial charge is 0.305 e. The van der Waals surface area contributed by atoms with E-state index in [9.17, 15) is 18.0 Å². The molecule has 1 aliphatic heterocycles. The molecular formula is C14H16N4O4S3.